The molecule has 0 radical (unpaired) electrons. The van der Waals surface area contributed by atoms with E-state index in [1.165, 1.54) is 0 Å². The Bertz CT molecular complexity index is 221. The Hall–Kier alpha value is -0.610. The zero-order valence-electron chi connectivity index (χ0n) is 10.2. The van der Waals surface area contributed by atoms with Gasteiger partial charge in [-0.25, -0.2) is 0 Å². The van der Waals surface area contributed by atoms with Crippen LogP contribution in [0.2, 0.25) is 0 Å². The molecule has 1 heterocycles. The Labute approximate surface area is 92.2 Å². The minimum absolute atomic E-state index is 0.109. The minimum atomic E-state index is -0.676. The SMILES string of the molecule is CCOC(C)(C)C(=O)N1CCN(C)CC1. The van der Waals surface area contributed by atoms with Crippen molar-refractivity contribution in [3.05, 3.63) is 0 Å². The zero-order chi connectivity index (χ0) is 11.5. The topological polar surface area (TPSA) is 32.8 Å². The van der Waals surface area contributed by atoms with Crippen molar-refractivity contribution in [3.63, 3.8) is 0 Å². The standard InChI is InChI=1S/C11H22N2O2/c1-5-15-11(2,3)10(14)13-8-6-12(4)7-9-13/h5-9H2,1-4H3. The smallest absolute Gasteiger partial charge is 0.254 e. The lowest BCUT2D eigenvalue weighted by atomic mass is 10.1. The molecule has 1 amide bonds. The molecule has 1 rings (SSSR count). The molecule has 1 aliphatic rings. The van der Waals surface area contributed by atoms with E-state index in [0.29, 0.717) is 6.61 Å². The summed E-state index contributed by atoms with van der Waals surface area (Å²) in [5.41, 5.74) is -0.676. The third kappa shape index (κ3) is 3.18. The lowest BCUT2D eigenvalue weighted by Crippen LogP contribution is -2.54. The van der Waals surface area contributed by atoms with Gasteiger partial charge < -0.3 is 14.5 Å². The van der Waals surface area contributed by atoms with Gasteiger partial charge in [0.15, 0.2) is 0 Å². The second-order valence-electron chi connectivity index (χ2n) is 4.54. The van der Waals surface area contributed by atoms with Crippen LogP contribution in [-0.4, -0.2) is 61.1 Å². The molecular weight excluding hydrogens is 192 g/mol. The fourth-order valence-electron chi connectivity index (χ4n) is 1.81. The Morgan fingerprint density at radius 3 is 2.27 bits per heavy atom. The van der Waals surface area contributed by atoms with Crippen molar-refractivity contribution in [2.75, 3.05) is 39.8 Å². The van der Waals surface area contributed by atoms with Crippen LogP contribution in [-0.2, 0) is 9.53 Å². The molecule has 0 aromatic heterocycles. The summed E-state index contributed by atoms with van der Waals surface area (Å²) >= 11 is 0. The van der Waals surface area contributed by atoms with Crippen molar-refractivity contribution in [1.29, 1.82) is 0 Å². The zero-order valence-corrected chi connectivity index (χ0v) is 10.2. The van der Waals surface area contributed by atoms with Crippen molar-refractivity contribution in [2.24, 2.45) is 0 Å². The fraction of sp³-hybridized carbons (Fsp3) is 0.909. The first-order chi connectivity index (χ1) is 6.97. The Morgan fingerprint density at radius 2 is 1.80 bits per heavy atom. The van der Waals surface area contributed by atoms with E-state index in [0.717, 1.165) is 26.2 Å². The molecular formula is C11H22N2O2. The van der Waals surface area contributed by atoms with Gasteiger partial charge in [-0.15, -0.1) is 0 Å². The normalized spacial score (nSPS) is 19.3. The molecule has 4 nitrogen and oxygen atoms in total. The molecule has 0 aromatic rings. The molecule has 0 N–H and O–H groups in total. The van der Waals surface area contributed by atoms with Crippen molar-refractivity contribution >= 4 is 5.91 Å². The van der Waals surface area contributed by atoms with Gasteiger partial charge in [-0.05, 0) is 27.8 Å². The molecule has 4 heteroatoms. The quantitative estimate of drug-likeness (QED) is 0.689. The summed E-state index contributed by atoms with van der Waals surface area (Å²) in [6.45, 7) is 9.71. The van der Waals surface area contributed by atoms with E-state index in [2.05, 4.69) is 11.9 Å². The Kier molecular flexibility index (Phi) is 4.11. The lowest BCUT2D eigenvalue weighted by Gasteiger charge is -2.37. The van der Waals surface area contributed by atoms with Gasteiger partial charge in [-0.3, -0.25) is 4.79 Å². The van der Waals surface area contributed by atoms with Gasteiger partial charge in [0.2, 0.25) is 0 Å². The maximum absolute atomic E-state index is 12.1. The molecule has 0 aliphatic carbocycles. The van der Waals surface area contributed by atoms with Crippen molar-refractivity contribution in [3.8, 4) is 0 Å². The highest BCUT2D eigenvalue weighted by atomic mass is 16.5. The Morgan fingerprint density at radius 1 is 1.27 bits per heavy atom. The summed E-state index contributed by atoms with van der Waals surface area (Å²) in [5, 5.41) is 0. The van der Waals surface area contributed by atoms with E-state index in [1.807, 2.05) is 25.7 Å². The molecule has 1 saturated heterocycles. The van der Waals surface area contributed by atoms with Crippen LogP contribution in [0.4, 0.5) is 0 Å². The molecule has 88 valence electrons. The number of carbonyl (C=O) groups is 1. The van der Waals surface area contributed by atoms with Crippen LogP contribution in [0.15, 0.2) is 0 Å². The van der Waals surface area contributed by atoms with Crippen molar-refractivity contribution in [1.82, 2.24) is 9.80 Å². The van der Waals surface area contributed by atoms with Crippen LogP contribution in [0.5, 0.6) is 0 Å². The molecule has 0 spiro atoms. The molecule has 15 heavy (non-hydrogen) atoms. The number of piperazine rings is 1. The minimum Gasteiger partial charge on any atom is -0.366 e. The lowest BCUT2D eigenvalue weighted by molar-refractivity contribution is -0.155. The Balaban J connectivity index is 2.53. The summed E-state index contributed by atoms with van der Waals surface area (Å²) < 4.78 is 5.47. The average Bonchev–Trinajstić information content (AvgIpc) is 2.18. The van der Waals surface area contributed by atoms with E-state index in [4.69, 9.17) is 4.74 Å². The van der Waals surface area contributed by atoms with Crippen LogP contribution in [0.3, 0.4) is 0 Å². The van der Waals surface area contributed by atoms with Crippen molar-refractivity contribution < 1.29 is 9.53 Å². The fourth-order valence-corrected chi connectivity index (χ4v) is 1.81. The van der Waals surface area contributed by atoms with Gasteiger partial charge in [0.05, 0.1) is 0 Å². The molecule has 0 aromatic carbocycles. The molecule has 0 atom stereocenters. The summed E-state index contributed by atoms with van der Waals surface area (Å²) in [5.74, 6) is 0.109. The highest BCUT2D eigenvalue weighted by Crippen LogP contribution is 2.14. The number of amides is 1. The highest BCUT2D eigenvalue weighted by Gasteiger charge is 2.33. The van der Waals surface area contributed by atoms with Crippen LogP contribution in [0, 0.1) is 0 Å². The van der Waals surface area contributed by atoms with E-state index in [1.54, 1.807) is 0 Å². The van der Waals surface area contributed by atoms with Crippen LogP contribution < -0.4 is 0 Å². The molecule has 0 bridgehead atoms. The predicted octanol–water partition coefficient (Wildman–Crippen LogP) is 0.575. The first kappa shape index (κ1) is 12.5. The van der Waals surface area contributed by atoms with Gasteiger partial charge in [-0.1, -0.05) is 0 Å². The summed E-state index contributed by atoms with van der Waals surface area (Å²) in [4.78, 5) is 16.2. The van der Waals surface area contributed by atoms with E-state index in [9.17, 15) is 4.79 Å². The number of carbonyl (C=O) groups excluding carboxylic acids is 1. The van der Waals surface area contributed by atoms with Gasteiger partial charge in [0.1, 0.15) is 5.60 Å². The summed E-state index contributed by atoms with van der Waals surface area (Å²) in [6, 6.07) is 0. The second-order valence-corrected chi connectivity index (χ2v) is 4.54. The van der Waals surface area contributed by atoms with Crippen LogP contribution >= 0.6 is 0 Å². The molecule has 1 aliphatic heterocycles. The largest absolute Gasteiger partial charge is 0.366 e. The van der Waals surface area contributed by atoms with E-state index >= 15 is 0 Å². The second kappa shape index (κ2) is 4.94. The maximum Gasteiger partial charge on any atom is 0.254 e. The third-order valence-electron chi connectivity index (χ3n) is 2.81. The predicted molar refractivity (Wildman–Crippen MR) is 59.8 cm³/mol. The first-order valence-corrected chi connectivity index (χ1v) is 5.59. The van der Waals surface area contributed by atoms with Gasteiger partial charge in [0, 0.05) is 32.8 Å². The molecule has 1 fully saturated rings. The van der Waals surface area contributed by atoms with Gasteiger partial charge in [-0.2, -0.15) is 0 Å². The number of likely N-dealkylation sites (N-methyl/N-ethyl adjacent to an activating group) is 1. The van der Waals surface area contributed by atoms with Crippen molar-refractivity contribution in [2.45, 2.75) is 26.4 Å². The highest BCUT2D eigenvalue weighted by molar-refractivity contribution is 5.84. The molecule has 0 saturated carbocycles. The monoisotopic (exact) mass is 214 g/mol. The average molecular weight is 214 g/mol. The number of hydrogen-bond acceptors (Lipinski definition) is 3. The van der Waals surface area contributed by atoms with E-state index < -0.39 is 5.60 Å². The third-order valence-corrected chi connectivity index (χ3v) is 2.81. The van der Waals surface area contributed by atoms with E-state index in [-0.39, 0.29) is 5.91 Å². The number of ether oxygens (including phenoxy) is 1. The first-order valence-electron chi connectivity index (χ1n) is 5.59. The number of rotatable bonds is 3. The summed E-state index contributed by atoms with van der Waals surface area (Å²) in [6.07, 6.45) is 0. The van der Waals surface area contributed by atoms with Crippen LogP contribution in [0.25, 0.3) is 0 Å². The van der Waals surface area contributed by atoms with Crippen LogP contribution in [0.1, 0.15) is 20.8 Å². The maximum atomic E-state index is 12.1. The molecule has 0 unspecified atom stereocenters. The summed E-state index contributed by atoms with van der Waals surface area (Å²) in [7, 11) is 2.08. The van der Waals surface area contributed by atoms with Gasteiger partial charge >= 0.3 is 0 Å². The van der Waals surface area contributed by atoms with Gasteiger partial charge in [0.25, 0.3) is 5.91 Å². The number of hydrogen-bond donors (Lipinski definition) is 0. The number of nitrogens with zero attached hydrogens (tertiary/aromatic N) is 2.